The Hall–Kier alpha value is -1.09. The van der Waals surface area contributed by atoms with Crippen molar-refractivity contribution in [3.8, 4) is 0 Å². The zero-order chi connectivity index (χ0) is 8.97. The van der Waals surface area contributed by atoms with E-state index in [-0.39, 0.29) is 6.04 Å². The highest BCUT2D eigenvalue weighted by atomic mass is 14.7. The van der Waals surface area contributed by atoms with Gasteiger partial charge in [0, 0.05) is 18.7 Å². The third-order valence-corrected chi connectivity index (χ3v) is 1.91. The average Bonchev–Trinajstić information content (AvgIpc) is 2.09. The monoisotopic (exact) mass is 165 g/mol. The molecular weight excluding hydrogens is 150 g/mol. The number of nitrogens with two attached hydrogens (primary N) is 2. The lowest BCUT2D eigenvalue weighted by atomic mass is 10.1. The number of hydrogen-bond acceptors (Lipinski definition) is 3. The van der Waals surface area contributed by atoms with Crippen LogP contribution in [-0.2, 0) is 6.42 Å². The fourth-order valence-corrected chi connectivity index (χ4v) is 1.01. The summed E-state index contributed by atoms with van der Waals surface area (Å²) in [5, 5.41) is 0. The minimum absolute atomic E-state index is 0.169. The van der Waals surface area contributed by atoms with Crippen molar-refractivity contribution in [1.29, 1.82) is 0 Å². The molecule has 3 heteroatoms. The van der Waals surface area contributed by atoms with Gasteiger partial charge in [0.2, 0.25) is 0 Å². The molecule has 0 aromatic carbocycles. The SMILES string of the molecule is CCC(N)Cc1ncccc1N. The summed E-state index contributed by atoms with van der Waals surface area (Å²) < 4.78 is 0. The molecule has 0 saturated heterocycles. The maximum atomic E-state index is 5.78. The zero-order valence-electron chi connectivity index (χ0n) is 7.33. The maximum Gasteiger partial charge on any atom is 0.0647 e. The van der Waals surface area contributed by atoms with E-state index in [9.17, 15) is 0 Å². The van der Waals surface area contributed by atoms with Gasteiger partial charge in [-0.15, -0.1) is 0 Å². The van der Waals surface area contributed by atoms with Crippen LogP contribution in [0.4, 0.5) is 5.69 Å². The van der Waals surface area contributed by atoms with Crippen molar-refractivity contribution in [2.24, 2.45) is 5.73 Å². The summed E-state index contributed by atoms with van der Waals surface area (Å²) in [5.74, 6) is 0. The second kappa shape index (κ2) is 4.07. The third-order valence-electron chi connectivity index (χ3n) is 1.91. The lowest BCUT2D eigenvalue weighted by molar-refractivity contribution is 0.638. The molecule has 0 radical (unpaired) electrons. The van der Waals surface area contributed by atoms with E-state index in [0.29, 0.717) is 0 Å². The van der Waals surface area contributed by atoms with Gasteiger partial charge in [-0.1, -0.05) is 6.92 Å². The Morgan fingerprint density at radius 1 is 1.58 bits per heavy atom. The minimum atomic E-state index is 0.169. The van der Waals surface area contributed by atoms with E-state index in [1.165, 1.54) is 0 Å². The van der Waals surface area contributed by atoms with Gasteiger partial charge >= 0.3 is 0 Å². The van der Waals surface area contributed by atoms with Gasteiger partial charge in [-0.05, 0) is 18.6 Å². The first kappa shape index (κ1) is 9.00. The summed E-state index contributed by atoms with van der Waals surface area (Å²) in [6.45, 7) is 2.06. The molecule has 1 rings (SSSR count). The van der Waals surface area contributed by atoms with Gasteiger partial charge in [0.1, 0.15) is 0 Å². The summed E-state index contributed by atoms with van der Waals surface area (Å²) in [6, 6.07) is 3.85. The lowest BCUT2D eigenvalue weighted by Crippen LogP contribution is -2.22. The van der Waals surface area contributed by atoms with Crippen molar-refractivity contribution in [2.75, 3.05) is 5.73 Å². The first-order valence-corrected chi connectivity index (χ1v) is 4.19. The van der Waals surface area contributed by atoms with E-state index in [1.807, 2.05) is 12.1 Å². The molecule has 1 heterocycles. The van der Waals surface area contributed by atoms with Crippen LogP contribution in [-0.4, -0.2) is 11.0 Å². The Labute approximate surface area is 72.8 Å². The van der Waals surface area contributed by atoms with Gasteiger partial charge in [0.05, 0.1) is 11.4 Å². The Morgan fingerprint density at radius 2 is 2.33 bits per heavy atom. The van der Waals surface area contributed by atoms with Crippen molar-refractivity contribution in [2.45, 2.75) is 25.8 Å². The molecule has 1 unspecified atom stereocenters. The standard InChI is InChI=1S/C9H15N3/c1-2-7(10)6-9-8(11)4-3-5-12-9/h3-5,7H,2,6,10-11H2,1H3. The Kier molecular flexibility index (Phi) is 3.05. The maximum absolute atomic E-state index is 5.78. The number of rotatable bonds is 3. The van der Waals surface area contributed by atoms with Crippen LogP contribution < -0.4 is 11.5 Å². The molecule has 3 nitrogen and oxygen atoms in total. The molecule has 1 atom stereocenters. The van der Waals surface area contributed by atoms with Crippen LogP contribution in [0, 0.1) is 0 Å². The molecule has 0 spiro atoms. The molecule has 1 aromatic rings. The summed E-state index contributed by atoms with van der Waals surface area (Å²) >= 11 is 0. The second-order valence-electron chi connectivity index (χ2n) is 2.91. The first-order chi connectivity index (χ1) is 5.74. The summed E-state index contributed by atoms with van der Waals surface area (Å²) in [5.41, 5.74) is 13.1. The molecule has 12 heavy (non-hydrogen) atoms. The summed E-state index contributed by atoms with van der Waals surface area (Å²) in [6.07, 6.45) is 3.47. The van der Waals surface area contributed by atoms with Gasteiger partial charge in [-0.3, -0.25) is 4.98 Å². The molecule has 66 valence electrons. The topological polar surface area (TPSA) is 64.9 Å². The lowest BCUT2D eigenvalue weighted by Gasteiger charge is -2.08. The minimum Gasteiger partial charge on any atom is -0.397 e. The summed E-state index contributed by atoms with van der Waals surface area (Å²) in [7, 11) is 0. The van der Waals surface area contributed by atoms with Crippen molar-refractivity contribution < 1.29 is 0 Å². The second-order valence-corrected chi connectivity index (χ2v) is 2.91. The quantitative estimate of drug-likeness (QED) is 0.700. The number of hydrogen-bond donors (Lipinski definition) is 2. The Balaban J connectivity index is 2.69. The molecule has 1 aromatic heterocycles. The van der Waals surface area contributed by atoms with Crippen LogP contribution in [0.2, 0.25) is 0 Å². The van der Waals surface area contributed by atoms with E-state index in [0.717, 1.165) is 24.2 Å². The number of pyridine rings is 1. The van der Waals surface area contributed by atoms with Crippen LogP contribution in [0.25, 0.3) is 0 Å². The number of nitrogen functional groups attached to an aromatic ring is 1. The van der Waals surface area contributed by atoms with Gasteiger partial charge < -0.3 is 11.5 Å². The third kappa shape index (κ3) is 2.20. The molecule has 0 aliphatic rings. The van der Waals surface area contributed by atoms with Gasteiger partial charge in [-0.2, -0.15) is 0 Å². The molecule has 0 aliphatic carbocycles. The molecular formula is C9H15N3. The number of nitrogens with zero attached hydrogens (tertiary/aromatic N) is 1. The highest BCUT2D eigenvalue weighted by molar-refractivity contribution is 5.42. The van der Waals surface area contributed by atoms with E-state index >= 15 is 0 Å². The van der Waals surface area contributed by atoms with Gasteiger partial charge in [0.25, 0.3) is 0 Å². The number of anilines is 1. The van der Waals surface area contributed by atoms with Crippen LogP contribution in [0.5, 0.6) is 0 Å². The van der Waals surface area contributed by atoms with Crippen LogP contribution in [0.15, 0.2) is 18.3 Å². The molecule has 0 saturated carbocycles. The number of aromatic nitrogens is 1. The van der Waals surface area contributed by atoms with Crippen molar-refractivity contribution >= 4 is 5.69 Å². The fraction of sp³-hybridized carbons (Fsp3) is 0.444. The van der Waals surface area contributed by atoms with E-state index < -0.39 is 0 Å². The normalized spacial score (nSPS) is 12.8. The van der Waals surface area contributed by atoms with Crippen LogP contribution >= 0.6 is 0 Å². The first-order valence-electron chi connectivity index (χ1n) is 4.19. The van der Waals surface area contributed by atoms with Crippen molar-refractivity contribution in [1.82, 2.24) is 4.98 Å². The van der Waals surface area contributed by atoms with Gasteiger partial charge in [0.15, 0.2) is 0 Å². The average molecular weight is 165 g/mol. The van der Waals surface area contributed by atoms with E-state index in [4.69, 9.17) is 11.5 Å². The largest absolute Gasteiger partial charge is 0.397 e. The highest BCUT2D eigenvalue weighted by Gasteiger charge is 2.04. The van der Waals surface area contributed by atoms with E-state index in [2.05, 4.69) is 11.9 Å². The smallest absolute Gasteiger partial charge is 0.0647 e. The van der Waals surface area contributed by atoms with Crippen molar-refractivity contribution in [3.63, 3.8) is 0 Å². The zero-order valence-corrected chi connectivity index (χ0v) is 7.33. The fourth-order valence-electron chi connectivity index (χ4n) is 1.01. The highest BCUT2D eigenvalue weighted by Crippen LogP contribution is 2.09. The molecule has 0 fully saturated rings. The molecule has 0 aliphatic heterocycles. The Bertz CT molecular complexity index is 247. The Morgan fingerprint density at radius 3 is 2.92 bits per heavy atom. The van der Waals surface area contributed by atoms with Crippen LogP contribution in [0.3, 0.4) is 0 Å². The molecule has 0 amide bonds. The molecule has 4 N–H and O–H groups in total. The van der Waals surface area contributed by atoms with Crippen molar-refractivity contribution in [3.05, 3.63) is 24.0 Å². The summed E-state index contributed by atoms with van der Waals surface area (Å²) in [4.78, 5) is 4.16. The predicted molar refractivity (Wildman–Crippen MR) is 50.6 cm³/mol. The van der Waals surface area contributed by atoms with Gasteiger partial charge in [-0.25, -0.2) is 0 Å². The molecule has 0 bridgehead atoms. The van der Waals surface area contributed by atoms with E-state index in [1.54, 1.807) is 6.20 Å². The predicted octanol–water partition coefficient (Wildman–Crippen LogP) is 0.944. The van der Waals surface area contributed by atoms with Crippen LogP contribution in [0.1, 0.15) is 19.0 Å².